The Balaban J connectivity index is 1.62. The van der Waals surface area contributed by atoms with Gasteiger partial charge < -0.3 is 65.1 Å². The molecule has 2 aliphatic rings. The van der Waals surface area contributed by atoms with Crippen LogP contribution in [0.3, 0.4) is 0 Å². The molecule has 14 heteroatoms. The summed E-state index contributed by atoms with van der Waals surface area (Å²) < 4.78 is 22.8. The van der Waals surface area contributed by atoms with E-state index in [0.29, 0.717) is 12.8 Å². The van der Waals surface area contributed by atoms with E-state index >= 15 is 0 Å². The molecule has 14 nitrogen and oxygen atoms in total. The number of unbranched alkanes of at least 4 members (excludes halogenated alkanes) is 29. The molecule has 0 radical (unpaired) electrons. The van der Waals surface area contributed by atoms with Crippen LogP contribution in [0.15, 0.2) is 60.8 Å². The number of carbonyl (C=O) groups is 1. The first-order valence-corrected chi connectivity index (χ1v) is 32.5. The highest BCUT2D eigenvalue weighted by atomic mass is 16.7. The van der Waals surface area contributed by atoms with Gasteiger partial charge in [0.05, 0.1) is 32.0 Å². The predicted molar refractivity (Wildman–Crippen MR) is 323 cm³/mol. The van der Waals surface area contributed by atoms with Crippen molar-refractivity contribution in [3.05, 3.63) is 60.8 Å². The summed E-state index contributed by atoms with van der Waals surface area (Å²) in [7, 11) is 0. The number of allylic oxidation sites excluding steroid dienone is 10. The molecule has 1 amide bonds. The van der Waals surface area contributed by atoms with Crippen molar-refractivity contribution < 1.29 is 64.6 Å². The fourth-order valence-electron chi connectivity index (χ4n) is 10.6. The van der Waals surface area contributed by atoms with Gasteiger partial charge in [0.2, 0.25) is 5.91 Å². The normalized spacial score (nSPS) is 24.6. The summed E-state index contributed by atoms with van der Waals surface area (Å²) in [5, 5.41) is 87.3. The Labute approximate surface area is 486 Å². The van der Waals surface area contributed by atoms with Gasteiger partial charge in [0.15, 0.2) is 12.6 Å². The molecule has 2 saturated heterocycles. The Morgan fingerprint density at radius 2 is 0.863 bits per heavy atom. The van der Waals surface area contributed by atoms with Gasteiger partial charge in [-0.2, -0.15) is 0 Å². The second-order valence-corrected chi connectivity index (χ2v) is 22.9. The van der Waals surface area contributed by atoms with Crippen LogP contribution in [0.1, 0.15) is 258 Å². The fourth-order valence-corrected chi connectivity index (χ4v) is 10.6. The van der Waals surface area contributed by atoms with Gasteiger partial charge in [0, 0.05) is 6.42 Å². The molecule has 0 aromatic carbocycles. The van der Waals surface area contributed by atoms with E-state index in [1.54, 1.807) is 0 Å². The van der Waals surface area contributed by atoms with E-state index in [1.807, 2.05) is 0 Å². The van der Waals surface area contributed by atoms with Crippen LogP contribution in [-0.4, -0.2) is 140 Å². The zero-order valence-electron chi connectivity index (χ0n) is 50.3. The Kier molecular flexibility index (Phi) is 47.2. The zero-order valence-corrected chi connectivity index (χ0v) is 50.3. The van der Waals surface area contributed by atoms with Crippen LogP contribution in [0.5, 0.6) is 0 Å². The molecule has 2 fully saturated rings. The first-order valence-electron chi connectivity index (χ1n) is 32.5. The van der Waals surface area contributed by atoms with Crippen LogP contribution in [0, 0.1) is 0 Å². The van der Waals surface area contributed by atoms with Gasteiger partial charge in [-0.1, -0.05) is 254 Å². The highest BCUT2D eigenvalue weighted by Gasteiger charge is 2.51. The molecule has 0 spiro atoms. The number of aliphatic hydroxyl groups excluding tert-OH is 8. The second kappa shape index (κ2) is 51.1. The van der Waals surface area contributed by atoms with Gasteiger partial charge in [-0.15, -0.1) is 0 Å². The van der Waals surface area contributed by atoms with Crippen molar-refractivity contribution in [2.75, 3.05) is 19.8 Å². The molecule has 0 aromatic heterocycles. The third-order valence-electron chi connectivity index (χ3n) is 15.7. The van der Waals surface area contributed by atoms with Crippen molar-refractivity contribution in [3.8, 4) is 0 Å². The van der Waals surface area contributed by atoms with Gasteiger partial charge in [-0.25, -0.2) is 0 Å². The standard InChI is InChI=1S/C66H119NO13/c1-3-5-7-9-11-13-15-17-18-19-20-21-22-23-24-25-26-27-28-29-30-31-32-33-34-35-36-38-40-42-44-46-48-50-58(71)67-54(55(70)49-47-45-43-41-39-37-16-14-12-10-8-6-4-2)53-77-65-63(76)61(74)64(57(52-69)79-65)80-66-62(75)60(73)59(72)56(51-68)78-66/h5,7,11,13,17-18,20-21,23-24,54-57,59-66,68-70,72-76H,3-4,6,8-10,12,14-16,19,22,25-53H2,1-2H3,(H,67,71)/b7-5-,13-11-,18-17-,21-20-,24-23-. The van der Waals surface area contributed by atoms with Crippen LogP contribution in [0.2, 0.25) is 0 Å². The lowest BCUT2D eigenvalue weighted by molar-refractivity contribution is -0.359. The molecule has 12 atom stereocenters. The summed E-state index contributed by atoms with van der Waals surface area (Å²) in [5.74, 6) is -0.206. The summed E-state index contributed by atoms with van der Waals surface area (Å²) in [6.45, 7) is 2.75. The van der Waals surface area contributed by atoms with E-state index in [-0.39, 0.29) is 12.5 Å². The first-order chi connectivity index (χ1) is 39.1. The lowest BCUT2D eigenvalue weighted by atomic mass is 9.97. The molecule has 2 heterocycles. The first kappa shape index (κ1) is 73.8. The SMILES string of the molecule is CC/C=C\C/C=C\C/C=C\C/C=C\C/C=C\CCCCCCCCCCCCCCCCCCCC(=O)NC(COC1OC(CO)C(OC2OC(CO)C(O)C(O)C2O)C(O)C1O)C(O)CCCCCCCCCCCCCCC. The Hall–Kier alpha value is -2.31. The average Bonchev–Trinajstić information content (AvgIpc) is 3.49. The maximum Gasteiger partial charge on any atom is 0.220 e. The number of nitrogens with one attached hydrogen (secondary N) is 1. The number of hydrogen-bond acceptors (Lipinski definition) is 13. The number of amides is 1. The van der Waals surface area contributed by atoms with Crippen molar-refractivity contribution in [1.82, 2.24) is 5.32 Å². The van der Waals surface area contributed by atoms with Crippen molar-refractivity contribution in [2.45, 2.75) is 331 Å². The maximum absolute atomic E-state index is 13.3. The summed E-state index contributed by atoms with van der Waals surface area (Å²) in [4.78, 5) is 13.3. The zero-order chi connectivity index (χ0) is 58.1. The van der Waals surface area contributed by atoms with E-state index in [4.69, 9.17) is 18.9 Å². The van der Waals surface area contributed by atoms with Gasteiger partial charge in [-0.3, -0.25) is 4.79 Å². The topological polar surface area (TPSA) is 228 Å². The summed E-state index contributed by atoms with van der Waals surface area (Å²) in [5.41, 5.74) is 0. The van der Waals surface area contributed by atoms with Crippen molar-refractivity contribution in [2.24, 2.45) is 0 Å². The van der Waals surface area contributed by atoms with E-state index < -0.39 is 86.8 Å². The summed E-state index contributed by atoms with van der Waals surface area (Å²) >= 11 is 0. The fraction of sp³-hybridized carbons (Fsp3) is 0.833. The number of carbonyl (C=O) groups excluding carboxylic acids is 1. The monoisotopic (exact) mass is 1130 g/mol. The quantitative estimate of drug-likeness (QED) is 0.0204. The second-order valence-electron chi connectivity index (χ2n) is 22.9. The molecule has 0 bridgehead atoms. The largest absolute Gasteiger partial charge is 0.394 e. The number of ether oxygens (including phenoxy) is 4. The highest BCUT2D eigenvalue weighted by molar-refractivity contribution is 5.76. The molecule has 80 heavy (non-hydrogen) atoms. The molecule has 12 unspecified atom stereocenters. The molecular weight excluding hydrogens is 1010 g/mol. The molecule has 2 rings (SSSR count). The summed E-state index contributed by atoms with van der Waals surface area (Å²) in [6, 6.07) is -0.829. The number of aliphatic hydroxyl groups is 8. The highest BCUT2D eigenvalue weighted by Crippen LogP contribution is 2.30. The third-order valence-corrected chi connectivity index (χ3v) is 15.7. The van der Waals surface area contributed by atoms with Crippen LogP contribution < -0.4 is 5.32 Å². The summed E-state index contributed by atoms with van der Waals surface area (Å²) in [6.07, 6.45) is 49.5. The molecular formula is C66H119NO13. The predicted octanol–water partition coefficient (Wildman–Crippen LogP) is 12.1. The minimum absolute atomic E-state index is 0.206. The van der Waals surface area contributed by atoms with Crippen LogP contribution in [-0.2, 0) is 23.7 Å². The van der Waals surface area contributed by atoms with Crippen molar-refractivity contribution in [1.29, 1.82) is 0 Å². The van der Waals surface area contributed by atoms with Gasteiger partial charge in [0.1, 0.15) is 48.8 Å². The molecule has 9 N–H and O–H groups in total. The van der Waals surface area contributed by atoms with Gasteiger partial charge in [0.25, 0.3) is 0 Å². The Morgan fingerprint density at radius 1 is 0.463 bits per heavy atom. The van der Waals surface area contributed by atoms with E-state index in [9.17, 15) is 45.6 Å². The Morgan fingerprint density at radius 3 is 1.32 bits per heavy atom. The van der Waals surface area contributed by atoms with Gasteiger partial charge in [-0.05, 0) is 57.8 Å². The van der Waals surface area contributed by atoms with Crippen LogP contribution >= 0.6 is 0 Å². The lowest BCUT2D eigenvalue weighted by Gasteiger charge is -2.46. The minimum atomic E-state index is -1.78. The van der Waals surface area contributed by atoms with Gasteiger partial charge >= 0.3 is 0 Å². The number of hydrogen-bond donors (Lipinski definition) is 9. The van der Waals surface area contributed by atoms with E-state index in [0.717, 1.165) is 83.5 Å². The molecule has 0 saturated carbocycles. The molecule has 2 aliphatic heterocycles. The third kappa shape index (κ3) is 35.7. The lowest BCUT2D eigenvalue weighted by Crippen LogP contribution is -2.65. The van der Waals surface area contributed by atoms with Crippen molar-refractivity contribution in [3.63, 3.8) is 0 Å². The molecule has 0 aliphatic carbocycles. The van der Waals surface area contributed by atoms with E-state index in [1.165, 1.54) is 148 Å². The average molecular weight is 1130 g/mol. The van der Waals surface area contributed by atoms with Crippen LogP contribution in [0.4, 0.5) is 0 Å². The van der Waals surface area contributed by atoms with Crippen molar-refractivity contribution >= 4 is 5.91 Å². The minimum Gasteiger partial charge on any atom is -0.394 e. The number of rotatable bonds is 52. The smallest absolute Gasteiger partial charge is 0.220 e. The Bertz CT molecular complexity index is 1570. The molecule has 0 aromatic rings. The van der Waals surface area contributed by atoms with Crippen LogP contribution in [0.25, 0.3) is 0 Å². The molecule has 466 valence electrons. The van der Waals surface area contributed by atoms with E-state index in [2.05, 4.69) is 79.9 Å². The maximum atomic E-state index is 13.3.